The molecule has 4 rings (SSSR count). The summed E-state index contributed by atoms with van der Waals surface area (Å²) in [6.07, 6.45) is 0. The number of nitrogens with one attached hydrogen (secondary N) is 1. The summed E-state index contributed by atoms with van der Waals surface area (Å²) in [5, 5.41) is 3.37. The van der Waals surface area contributed by atoms with Crippen LogP contribution >= 0.6 is 15.9 Å². The Balaban J connectivity index is 1.50. The molecule has 0 atom stereocenters. The van der Waals surface area contributed by atoms with E-state index < -0.39 is 18.5 Å². The van der Waals surface area contributed by atoms with Crippen molar-refractivity contribution >= 4 is 44.4 Å². The molecule has 0 aliphatic heterocycles. The summed E-state index contributed by atoms with van der Waals surface area (Å²) in [6.45, 7) is 2.06. The van der Waals surface area contributed by atoms with E-state index in [0.717, 1.165) is 10.0 Å². The molecule has 166 valence electrons. The number of carbonyl (C=O) groups is 2. The summed E-state index contributed by atoms with van der Waals surface area (Å²) in [7, 11) is 0. The van der Waals surface area contributed by atoms with Gasteiger partial charge in [0.2, 0.25) is 0 Å². The highest BCUT2D eigenvalue weighted by Gasteiger charge is 2.16. The van der Waals surface area contributed by atoms with Crippen LogP contribution in [0.4, 0.5) is 5.69 Å². The quantitative estimate of drug-likeness (QED) is 0.319. The van der Waals surface area contributed by atoms with E-state index >= 15 is 0 Å². The van der Waals surface area contributed by atoms with Crippen molar-refractivity contribution in [1.82, 2.24) is 4.98 Å². The van der Waals surface area contributed by atoms with E-state index in [0.29, 0.717) is 40.2 Å². The van der Waals surface area contributed by atoms with Gasteiger partial charge in [-0.25, -0.2) is 9.78 Å². The number of para-hydroxylation sites is 1. The Morgan fingerprint density at radius 2 is 1.70 bits per heavy atom. The molecular formula is C26H21BrN2O4. The summed E-state index contributed by atoms with van der Waals surface area (Å²) >= 11 is 3.42. The fourth-order valence-electron chi connectivity index (χ4n) is 3.32. The topological polar surface area (TPSA) is 77.5 Å². The fourth-order valence-corrected chi connectivity index (χ4v) is 3.58. The minimum absolute atomic E-state index is 0.354. The number of hydrogen-bond donors (Lipinski definition) is 1. The summed E-state index contributed by atoms with van der Waals surface area (Å²) in [4.78, 5) is 29.9. The molecule has 33 heavy (non-hydrogen) atoms. The Morgan fingerprint density at radius 3 is 2.42 bits per heavy atom. The SMILES string of the molecule is CCOc1ccc(NC(=O)COC(=O)c2cc(-c3ccc(Br)cc3)nc3ccccc23)cc1. The molecule has 3 aromatic carbocycles. The predicted molar refractivity (Wildman–Crippen MR) is 131 cm³/mol. The normalized spacial score (nSPS) is 10.6. The standard InChI is InChI=1S/C26H21BrN2O4/c1-2-32-20-13-11-19(12-14-20)28-25(30)16-33-26(31)22-15-24(17-7-9-18(27)10-8-17)29-23-6-4-3-5-21(22)23/h3-15H,2,16H2,1H3,(H,28,30). The van der Waals surface area contributed by atoms with Crippen molar-refractivity contribution in [2.45, 2.75) is 6.92 Å². The summed E-state index contributed by atoms with van der Waals surface area (Å²) < 4.78 is 11.7. The number of rotatable bonds is 7. The maximum atomic E-state index is 12.9. The first-order valence-electron chi connectivity index (χ1n) is 10.4. The lowest BCUT2D eigenvalue weighted by Gasteiger charge is -2.11. The van der Waals surface area contributed by atoms with Crippen LogP contribution in [0.25, 0.3) is 22.2 Å². The van der Waals surface area contributed by atoms with Crippen molar-refractivity contribution < 1.29 is 19.1 Å². The van der Waals surface area contributed by atoms with E-state index in [1.165, 1.54) is 0 Å². The first kappa shape index (κ1) is 22.5. The van der Waals surface area contributed by atoms with Crippen LogP contribution in [0.5, 0.6) is 5.75 Å². The van der Waals surface area contributed by atoms with Crippen molar-refractivity contribution in [1.29, 1.82) is 0 Å². The molecular weight excluding hydrogens is 484 g/mol. The average Bonchev–Trinajstić information content (AvgIpc) is 2.83. The van der Waals surface area contributed by atoms with Crippen molar-refractivity contribution in [3.8, 4) is 17.0 Å². The Hall–Kier alpha value is -3.71. The summed E-state index contributed by atoms with van der Waals surface area (Å²) in [5.41, 5.74) is 3.13. The zero-order valence-corrected chi connectivity index (χ0v) is 19.5. The number of esters is 1. The highest BCUT2D eigenvalue weighted by atomic mass is 79.9. The number of nitrogens with zero attached hydrogens (tertiary/aromatic N) is 1. The largest absolute Gasteiger partial charge is 0.494 e. The third kappa shape index (κ3) is 5.56. The number of amides is 1. The van der Waals surface area contributed by atoms with Gasteiger partial charge in [0.25, 0.3) is 5.91 Å². The zero-order chi connectivity index (χ0) is 23.2. The maximum absolute atomic E-state index is 12.9. The molecule has 4 aromatic rings. The monoisotopic (exact) mass is 504 g/mol. The van der Waals surface area contributed by atoms with Crippen LogP contribution in [-0.4, -0.2) is 30.1 Å². The van der Waals surface area contributed by atoms with E-state index in [-0.39, 0.29) is 0 Å². The molecule has 0 aliphatic carbocycles. The number of fused-ring (bicyclic) bond motifs is 1. The van der Waals surface area contributed by atoms with E-state index in [1.807, 2.05) is 55.5 Å². The van der Waals surface area contributed by atoms with Crippen molar-refractivity contribution in [2.75, 3.05) is 18.5 Å². The van der Waals surface area contributed by atoms with Gasteiger partial charge in [-0.1, -0.05) is 46.3 Å². The first-order chi connectivity index (χ1) is 16.0. The van der Waals surface area contributed by atoms with Gasteiger partial charge in [-0.15, -0.1) is 0 Å². The molecule has 0 aliphatic rings. The van der Waals surface area contributed by atoms with Gasteiger partial charge in [0.15, 0.2) is 6.61 Å². The minimum Gasteiger partial charge on any atom is -0.494 e. The van der Waals surface area contributed by atoms with Crippen LogP contribution < -0.4 is 10.1 Å². The first-order valence-corrected chi connectivity index (χ1v) is 11.2. The van der Waals surface area contributed by atoms with E-state index in [1.54, 1.807) is 30.3 Å². The van der Waals surface area contributed by atoms with Crippen LogP contribution in [0.1, 0.15) is 17.3 Å². The van der Waals surface area contributed by atoms with Crippen LogP contribution in [0.15, 0.2) is 83.3 Å². The lowest BCUT2D eigenvalue weighted by Crippen LogP contribution is -2.21. The molecule has 7 heteroatoms. The molecule has 0 radical (unpaired) electrons. The van der Waals surface area contributed by atoms with E-state index in [4.69, 9.17) is 9.47 Å². The van der Waals surface area contributed by atoms with Gasteiger partial charge in [0.1, 0.15) is 5.75 Å². The summed E-state index contributed by atoms with van der Waals surface area (Å²) in [6, 6.07) is 23.7. The van der Waals surface area contributed by atoms with Gasteiger partial charge in [0.05, 0.1) is 23.4 Å². The molecule has 0 spiro atoms. The zero-order valence-electron chi connectivity index (χ0n) is 17.9. The van der Waals surface area contributed by atoms with Gasteiger partial charge in [-0.2, -0.15) is 0 Å². The molecule has 1 heterocycles. The Morgan fingerprint density at radius 1 is 0.970 bits per heavy atom. The molecule has 6 nitrogen and oxygen atoms in total. The highest BCUT2D eigenvalue weighted by molar-refractivity contribution is 9.10. The number of pyridine rings is 1. The molecule has 1 N–H and O–H groups in total. The van der Waals surface area contributed by atoms with Gasteiger partial charge in [-0.3, -0.25) is 4.79 Å². The third-order valence-corrected chi connectivity index (χ3v) is 5.39. The number of hydrogen-bond acceptors (Lipinski definition) is 5. The molecule has 0 unspecified atom stereocenters. The molecule has 0 saturated carbocycles. The smallest absolute Gasteiger partial charge is 0.339 e. The maximum Gasteiger partial charge on any atom is 0.339 e. The number of ether oxygens (including phenoxy) is 2. The Kier molecular flexibility index (Phi) is 7.00. The van der Waals surface area contributed by atoms with E-state index in [9.17, 15) is 9.59 Å². The third-order valence-electron chi connectivity index (χ3n) is 4.86. The van der Waals surface area contributed by atoms with Crippen molar-refractivity contribution in [3.63, 3.8) is 0 Å². The van der Waals surface area contributed by atoms with Gasteiger partial charge >= 0.3 is 5.97 Å². The number of carbonyl (C=O) groups excluding carboxylic acids is 2. The van der Waals surface area contributed by atoms with Gasteiger partial charge in [0, 0.05) is 21.1 Å². The van der Waals surface area contributed by atoms with Gasteiger partial charge in [-0.05, 0) is 55.5 Å². The lowest BCUT2D eigenvalue weighted by molar-refractivity contribution is -0.119. The minimum atomic E-state index is -0.589. The van der Waals surface area contributed by atoms with E-state index in [2.05, 4.69) is 26.2 Å². The highest BCUT2D eigenvalue weighted by Crippen LogP contribution is 2.26. The Bertz CT molecular complexity index is 1290. The Labute approximate surface area is 199 Å². The number of aromatic nitrogens is 1. The fraction of sp³-hybridized carbons (Fsp3) is 0.115. The lowest BCUT2D eigenvalue weighted by atomic mass is 10.0. The molecule has 0 saturated heterocycles. The second-order valence-electron chi connectivity index (χ2n) is 7.16. The number of anilines is 1. The molecule has 0 bridgehead atoms. The molecule has 1 aromatic heterocycles. The van der Waals surface area contributed by atoms with Crippen LogP contribution in [0.3, 0.4) is 0 Å². The average molecular weight is 505 g/mol. The summed E-state index contributed by atoms with van der Waals surface area (Å²) in [5.74, 6) is -0.305. The van der Waals surface area contributed by atoms with Crippen molar-refractivity contribution in [2.24, 2.45) is 0 Å². The van der Waals surface area contributed by atoms with Gasteiger partial charge < -0.3 is 14.8 Å². The predicted octanol–water partition coefficient (Wildman–Crippen LogP) is 5.86. The van der Waals surface area contributed by atoms with Crippen LogP contribution in [-0.2, 0) is 9.53 Å². The number of benzene rings is 3. The molecule has 1 amide bonds. The number of halogens is 1. The second-order valence-corrected chi connectivity index (χ2v) is 8.08. The van der Waals surface area contributed by atoms with Crippen LogP contribution in [0.2, 0.25) is 0 Å². The second kappa shape index (κ2) is 10.3. The van der Waals surface area contributed by atoms with Crippen molar-refractivity contribution in [3.05, 3.63) is 88.9 Å². The van der Waals surface area contributed by atoms with Crippen LogP contribution in [0, 0.1) is 0 Å². The molecule has 0 fully saturated rings.